The van der Waals surface area contributed by atoms with E-state index in [2.05, 4.69) is 27.2 Å². The van der Waals surface area contributed by atoms with Gasteiger partial charge in [0.25, 0.3) is 0 Å². The average molecular weight is 255 g/mol. The fourth-order valence-electron chi connectivity index (χ4n) is 1.41. The molecule has 0 aliphatic heterocycles. The third-order valence-corrected chi connectivity index (χ3v) is 2.35. The van der Waals surface area contributed by atoms with Gasteiger partial charge in [0.15, 0.2) is 0 Å². The van der Waals surface area contributed by atoms with Crippen LogP contribution >= 0.6 is 0 Å². The van der Waals surface area contributed by atoms with Gasteiger partial charge in [-0.2, -0.15) is 15.0 Å². The summed E-state index contributed by atoms with van der Waals surface area (Å²) in [6, 6.07) is 0.273. The zero-order chi connectivity index (χ0) is 13.4. The number of ether oxygens (including phenoxy) is 1. The molecular weight excluding hydrogens is 234 g/mol. The first-order valence-corrected chi connectivity index (χ1v) is 6.14. The fourth-order valence-corrected chi connectivity index (χ4v) is 1.41. The highest BCUT2D eigenvalue weighted by atomic mass is 16.5. The Morgan fingerprint density at radius 2 is 2.06 bits per heavy atom. The maximum Gasteiger partial charge on any atom is 0.322 e. The molecular formula is C11H21N5O2. The molecule has 0 saturated heterocycles. The standard InChI is InChI=1S/C11H21N5O2/c1-4-6-12-9-13-10(15-11(14-9)18-3)16(5-2)7-8-17/h17H,4-8H2,1-3H3,(H,12,13,14,15). The number of aliphatic hydroxyl groups is 1. The maximum atomic E-state index is 9.01. The van der Waals surface area contributed by atoms with Crippen molar-refractivity contribution in [2.75, 3.05) is 43.6 Å². The summed E-state index contributed by atoms with van der Waals surface area (Å²) in [6.45, 7) is 6.08. The van der Waals surface area contributed by atoms with Crippen LogP contribution in [0.3, 0.4) is 0 Å². The Balaban J connectivity index is 2.94. The van der Waals surface area contributed by atoms with Gasteiger partial charge in [-0.1, -0.05) is 6.92 Å². The number of nitrogens with one attached hydrogen (secondary N) is 1. The highest BCUT2D eigenvalue weighted by molar-refractivity contribution is 5.38. The molecule has 7 nitrogen and oxygen atoms in total. The van der Waals surface area contributed by atoms with Crippen LogP contribution in [-0.2, 0) is 0 Å². The van der Waals surface area contributed by atoms with Crippen LogP contribution in [0.15, 0.2) is 0 Å². The zero-order valence-corrected chi connectivity index (χ0v) is 11.2. The second-order valence-electron chi connectivity index (χ2n) is 3.68. The van der Waals surface area contributed by atoms with Crippen molar-refractivity contribution in [3.63, 3.8) is 0 Å². The van der Waals surface area contributed by atoms with Gasteiger partial charge in [-0.25, -0.2) is 0 Å². The molecule has 7 heteroatoms. The van der Waals surface area contributed by atoms with Gasteiger partial charge in [-0.15, -0.1) is 0 Å². The van der Waals surface area contributed by atoms with Crippen molar-refractivity contribution in [2.24, 2.45) is 0 Å². The third-order valence-electron chi connectivity index (χ3n) is 2.35. The molecule has 0 spiro atoms. The lowest BCUT2D eigenvalue weighted by molar-refractivity contribution is 0.301. The normalized spacial score (nSPS) is 10.2. The molecule has 1 aromatic heterocycles. The number of rotatable bonds is 8. The molecule has 1 heterocycles. The van der Waals surface area contributed by atoms with Crippen molar-refractivity contribution in [2.45, 2.75) is 20.3 Å². The van der Waals surface area contributed by atoms with E-state index < -0.39 is 0 Å². The van der Waals surface area contributed by atoms with Crippen molar-refractivity contribution in [1.82, 2.24) is 15.0 Å². The molecule has 0 radical (unpaired) electrons. The predicted octanol–water partition coefficient (Wildman–Crippen LogP) is 0.521. The van der Waals surface area contributed by atoms with E-state index >= 15 is 0 Å². The van der Waals surface area contributed by atoms with E-state index in [1.165, 1.54) is 7.11 Å². The van der Waals surface area contributed by atoms with E-state index in [1.54, 1.807) is 0 Å². The predicted molar refractivity (Wildman–Crippen MR) is 70.1 cm³/mol. The molecule has 0 aliphatic rings. The summed E-state index contributed by atoms with van der Waals surface area (Å²) in [5, 5.41) is 12.1. The van der Waals surface area contributed by atoms with Gasteiger partial charge in [-0.3, -0.25) is 0 Å². The summed E-state index contributed by atoms with van der Waals surface area (Å²) in [7, 11) is 1.52. The van der Waals surface area contributed by atoms with Crippen LogP contribution in [0.5, 0.6) is 6.01 Å². The van der Waals surface area contributed by atoms with Crippen LogP contribution in [0.4, 0.5) is 11.9 Å². The SMILES string of the molecule is CCCNc1nc(OC)nc(N(CC)CCO)n1. The van der Waals surface area contributed by atoms with E-state index in [0.29, 0.717) is 25.0 Å². The minimum atomic E-state index is 0.0551. The molecule has 0 aliphatic carbocycles. The van der Waals surface area contributed by atoms with Crippen LogP contribution < -0.4 is 15.0 Å². The molecule has 102 valence electrons. The second kappa shape index (κ2) is 7.65. The number of aliphatic hydroxyl groups excluding tert-OH is 1. The highest BCUT2D eigenvalue weighted by Gasteiger charge is 2.11. The quantitative estimate of drug-likeness (QED) is 0.700. The number of aromatic nitrogens is 3. The number of anilines is 2. The lowest BCUT2D eigenvalue weighted by Gasteiger charge is -2.20. The first-order valence-electron chi connectivity index (χ1n) is 6.14. The number of hydrogen-bond acceptors (Lipinski definition) is 7. The number of methoxy groups -OCH3 is 1. The van der Waals surface area contributed by atoms with Crippen LogP contribution in [0.2, 0.25) is 0 Å². The molecule has 2 N–H and O–H groups in total. The van der Waals surface area contributed by atoms with Crippen molar-refractivity contribution >= 4 is 11.9 Å². The van der Waals surface area contributed by atoms with E-state index in [9.17, 15) is 0 Å². The Hall–Kier alpha value is -1.63. The van der Waals surface area contributed by atoms with Crippen LogP contribution in [0.25, 0.3) is 0 Å². The van der Waals surface area contributed by atoms with Gasteiger partial charge in [-0.05, 0) is 13.3 Å². The van der Waals surface area contributed by atoms with Crippen molar-refractivity contribution in [3.8, 4) is 6.01 Å². The van der Waals surface area contributed by atoms with Crippen molar-refractivity contribution in [3.05, 3.63) is 0 Å². The zero-order valence-electron chi connectivity index (χ0n) is 11.2. The monoisotopic (exact) mass is 255 g/mol. The number of hydrogen-bond donors (Lipinski definition) is 2. The van der Waals surface area contributed by atoms with E-state index in [1.807, 2.05) is 11.8 Å². The lowest BCUT2D eigenvalue weighted by atomic mass is 10.5. The van der Waals surface area contributed by atoms with Crippen LogP contribution in [0, 0.1) is 0 Å². The Kier molecular flexibility index (Phi) is 6.13. The second-order valence-corrected chi connectivity index (χ2v) is 3.68. The summed E-state index contributed by atoms with van der Waals surface area (Å²) in [4.78, 5) is 14.5. The molecule has 0 fully saturated rings. The molecule has 1 aromatic rings. The highest BCUT2D eigenvalue weighted by Crippen LogP contribution is 2.14. The van der Waals surface area contributed by atoms with Crippen LogP contribution in [0.1, 0.15) is 20.3 Å². The first-order chi connectivity index (χ1) is 8.74. The van der Waals surface area contributed by atoms with Gasteiger partial charge in [0.1, 0.15) is 0 Å². The Morgan fingerprint density at radius 3 is 2.61 bits per heavy atom. The van der Waals surface area contributed by atoms with Gasteiger partial charge in [0.2, 0.25) is 11.9 Å². The van der Waals surface area contributed by atoms with Gasteiger partial charge < -0.3 is 20.1 Å². The Bertz CT molecular complexity index is 361. The van der Waals surface area contributed by atoms with Gasteiger partial charge in [0.05, 0.1) is 13.7 Å². The molecule has 0 bridgehead atoms. The first kappa shape index (κ1) is 14.4. The van der Waals surface area contributed by atoms with Crippen molar-refractivity contribution < 1.29 is 9.84 Å². The largest absolute Gasteiger partial charge is 0.467 e. The molecule has 0 saturated carbocycles. The minimum absolute atomic E-state index is 0.0551. The van der Waals surface area contributed by atoms with E-state index in [-0.39, 0.29) is 12.6 Å². The average Bonchev–Trinajstić information content (AvgIpc) is 2.42. The summed E-state index contributed by atoms with van der Waals surface area (Å²) in [5.74, 6) is 1.01. The summed E-state index contributed by atoms with van der Waals surface area (Å²) >= 11 is 0. The summed E-state index contributed by atoms with van der Waals surface area (Å²) in [5.41, 5.74) is 0. The Labute approximate surface area is 107 Å². The minimum Gasteiger partial charge on any atom is -0.467 e. The number of likely N-dealkylation sites (N-methyl/N-ethyl adjacent to an activating group) is 1. The van der Waals surface area contributed by atoms with Gasteiger partial charge >= 0.3 is 6.01 Å². The van der Waals surface area contributed by atoms with Crippen LogP contribution in [-0.4, -0.2) is 53.4 Å². The Morgan fingerprint density at radius 1 is 1.28 bits per heavy atom. The smallest absolute Gasteiger partial charge is 0.322 e. The molecule has 1 rings (SSSR count). The molecule has 0 unspecified atom stereocenters. The lowest BCUT2D eigenvalue weighted by Crippen LogP contribution is -2.28. The summed E-state index contributed by atoms with van der Waals surface area (Å²) < 4.78 is 5.06. The third kappa shape index (κ3) is 3.99. The molecule has 0 amide bonds. The summed E-state index contributed by atoms with van der Waals surface area (Å²) in [6.07, 6.45) is 0.984. The molecule has 0 aromatic carbocycles. The van der Waals surface area contributed by atoms with Gasteiger partial charge in [0, 0.05) is 19.6 Å². The van der Waals surface area contributed by atoms with E-state index in [0.717, 1.165) is 13.0 Å². The van der Waals surface area contributed by atoms with E-state index in [4.69, 9.17) is 9.84 Å². The van der Waals surface area contributed by atoms with Crippen molar-refractivity contribution in [1.29, 1.82) is 0 Å². The molecule has 0 atom stereocenters. The topological polar surface area (TPSA) is 83.4 Å². The fraction of sp³-hybridized carbons (Fsp3) is 0.727. The number of nitrogens with zero attached hydrogens (tertiary/aromatic N) is 4. The molecule has 18 heavy (non-hydrogen) atoms. The maximum absolute atomic E-state index is 9.01.